The average molecular weight is 337 g/mol. The molecule has 0 spiro atoms. The second-order valence-corrected chi connectivity index (χ2v) is 7.49. The molecule has 124 valence electrons. The molecule has 0 radical (unpaired) electrons. The van der Waals surface area contributed by atoms with Crippen LogP contribution >= 0.6 is 0 Å². The van der Waals surface area contributed by atoms with Crippen LogP contribution in [0.3, 0.4) is 0 Å². The minimum absolute atomic E-state index is 0.188. The van der Waals surface area contributed by atoms with Crippen molar-refractivity contribution in [2.75, 3.05) is 20.3 Å². The van der Waals surface area contributed by atoms with Gasteiger partial charge in [-0.3, -0.25) is 4.68 Å². The molecule has 0 bridgehead atoms. The molecule has 0 amide bonds. The number of nitrogens with zero attached hydrogens (tertiary/aromatic N) is 3. The lowest BCUT2D eigenvalue weighted by Crippen LogP contribution is -2.26. The molecule has 7 nitrogen and oxygen atoms in total. The van der Waals surface area contributed by atoms with Crippen molar-refractivity contribution in [1.82, 2.24) is 14.1 Å². The molecule has 0 N–H and O–H groups in total. The molecule has 2 aromatic rings. The number of benzene rings is 1. The molecule has 1 aliphatic rings. The van der Waals surface area contributed by atoms with Crippen molar-refractivity contribution in [3.63, 3.8) is 0 Å². The molecule has 0 unspecified atom stereocenters. The van der Waals surface area contributed by atoms with E-state index in [0.717, 1.165) is 12.0 Å². The molecule has 1 aromatic carbocycles. The van der Waals surface area contributed by atoms with Crippen LogP contribution in [0, 0.1) is 0 Å². The van der Waals surface area contributed by atoms with Crippen LogP contribution in [0.15, 0.2) is 35.5 Å². The number of ether oxygens (including phenoxy) is 2. The maximum absolute atomic E-state index is 12.7. The standard InChI is InChI=1S/C15H19N3O4S/c1-17-10-12(9-16-17)11-18(2)23(19,20)13-4-5-14-15(8-13)22-7-3-6-21-14/h4-5,8-10H,3,6-7,11H2,1-2H3. The molecule has 8 heteroatoms. The highest BCUT2D eigenvalue weighted by Crippen LogP contribution is 2.32. The first kappa shape index (κ1) is 15.8. The molecule has 23 heavy (non-hydrogen) atoms. The van der Waals surface area contributed by atoms with Crippen molar-refractivity contribution in [2.45, 2.75) is 17.9 Å². The predicted molar refractivity (Wildman–Crippen MR) is 83.9 cm³/mol. The van der Waals surface area contributed by atoms with Gasteiger partial charge in [0.15, 0.2) is 11.5 Å². The Kier molecular flexibility index (Phi) is 4.27. The highest BCUT2D eigenvalue weighted by atomic mass is 32.2. The first-order valence-electron chi connectivity index (χ1n) is 7.30. The van der Waals surface area contributed by atoms with Gasteiger partial charge < -0.3 is 9.47 Å². The molecule has 1 aromatic heterocycles. The number of aryl methyl sites for hydroxylation is 1. The van der Waals surface area contributed by atoms with Crippen LogP contribution in [0.1, 0.15) is 12.0 Å². The SMILES string of the molecule is CN(Cc1cnn(C)c1)S(=O)(=O)c1ccc2c(c1)OCCCO2. The maximum Gasteiger partial charge on any atom is 0.243 e. The molecule has 0 saturated heterocycles. The minimum Gasteiger partial charge on any atom is -0.490 e. The summed E-state index contributed by atoms with van der Waals surface area (Å²) in [7, 11) is -0.272. The summed E-state index contributed by atoms with van der Waals surface area (Å²) in [5.74, 6) is 1.05. The monoisotopic (exact) mass is 337 g/mol. The maximum atomic E-state index is 12.7. The van der Waals surface area contributed by atoms with Crippen molar-refractivity contribution in [2.24, 2.45) is 7.05 Å². The lowest BCUT2D eigenvalue weighted by Gasteiger charge is -2.17. The lowest BCUT2D eigenvalue weighted by atomic mass is 10.3. The van der Waals surface area contributed by atoms with Crippen molar-refractivity contribution in [3.8, 4) is 11.5 Å². The second kappa shape index (κ2) is 6.21. The molecule has 0 fully saturated rings. The van der Waals surface area contributed by atoms with Gasteiger partial charge in [0.1, 0.15) is 0 Å². The van der Waals surface area contributed by atoms with Crippen molar-refractivity contribution >= 4 is 10.0 Å². The first-order valence-corrected chi connectivity index (χ1v) is 8.74. The molecule has 3 rings (SSSR count). The van der Waals surface area contributed by atoms with E-state index in [1.807, 2.05) is 0 Å². The molecular weight excluding hydrogens is 318 g/mol. The largest absolute Gasteiger partial charge is 0.490 e. The van der Waals surface area contributed by atoms with Gasteiger partial charge in [0.05, 0.1) is 24.3 Å². The van der Waals surface area contributed by atoms with Gasteiger partial charge in [-0.15, -0.1) is 0 Å². The van der Waals surface area contributed by atoms with Gasteiger partial charge in [0.25, 0.3) is 0 Å². The average Bonchev–Trinajstić information content (AvgIpc) is 2.79. The van der Waals surface area contributed by atoms with Gasteiger partial charge in [0, 0.05) is 44.9 Å². The van der Waals surface area contributed by atoms with E-state index in [-0.39, 0.29) is 11.4 Å². The summed E-state index contributed by atoms with van der Waals surface area (Å²) in [5, 5.41) is 4.05. The summed E-state index contributed by atoms with van der Waals surface area (Å²) in [4.78, 5) is 0.188. The smallest absolute Gasteiger partial charge is 0.243 e. The Morgan fingerprint density at radius 2 is 2.00 bits per heavy atom. The van der Waals surface area contributed by atoms with Gasteiger partial charge in [-0.25, -0.2) is 8.42 Å². The Morgan fingerprint density at radius 1 is 1.26 bits per heavy atom. The van der Waals surface area contributed by atoms with Gasteiger partial charge in [-0.1, -0.05) is 0 Å². The Bertz CT molecular complexity index is 801. The third-order valence-corrected chi connectivity index (χ3v) is 5.39. The van der Waals surface area contributed by atoms with Crippen LogP contribution in [-0.4, -0.2) is 42.8 Å². The zero-order chi connectivity index (χ0) is 16.4. The van der Waals surface area contributed by atoms with E-state index < -0.39 is 10.0 Å². The Balaban J connectivity index is 1.85. The normalized spacial score (nSPS) is 14.7. The minimum atomic E-state index is -3.61. The Hall–Kier alpha value is -2.06. The van der Waals surface area contributed by atoms with Gasteiger partial charge >= 0.3 is 0 Å². The van der Waals surface area contributed by atoms with Crippen LogP contribution in [0.4, 0.5) is 0 Å². The number of aromatic nitrogens is 2. The summed E-state index contributed by atoms with van der Waals surface area (Å²) in [6.07, 6.45) is 4.22. The summed E-state index contributed by atoms with van der Waals surface area (Å²) in [6, 6.07) is 4.71. The van der Waals surface area contributed by atoms with E-state index >= 15 is 0 Å². The number of hydrogen-bond acceptors (Lipinski definition) is 5. The van der Waals surface area contributed by atoms with E-state index in [1.54, 1.807) is 43.3 Å². The quantitative estimate of drug-likeness (QED) is 0.843. The molecule has 1 aliphatic heterocycles. The van der Waals surface area contributed by atoms with Crippen molar-refractivity contribution in [3.05, 3.63) is 36.2 Å². The van der Waals surface area contributed by atoms with E-state index in [9.17, 15) is 8.42 Å². The van der Waals surface area contributed by atoms with Gasteiger partial charge in [-0.05, 0) is 12.1 Å². The fourth-order valence-corrected chi connectivity index (χ4v) is 3.55. The Morgan fingerprint density at radius 3 is 2.70 bits per heavy atom. The molecule has 0 atom stereocenters. The predicted octanol–water partition coefficient (Wildman–Crippen LogP) is 1.40. The third-order valence-electron chi connectivity index (χ3n) is 3.59. The first-order chi connectivity index (χ1) is 11.0. The number of hydrogen-bond donors (Lipinski definition) is 0. The van der Waals surface area contributed by atoms with Crippen molar-refractivity contribution < 1.29 is 17.9 Å². The Labute approximate surface area is 135 Å². The topological polar surface area (TPSA) is 73.7 Å². The highest BCUT2D eigenvalue weighted by molar-refractivity contribution is 7.89. The molecule has 0 aliphatic carbocycles. The van der Waals surface area contributed by atoms with Crippen LogP contribution in [0.25, 0.3) is 0 Å². The summed E-state index contributed by atoms with van der Waals surface area (Å²) in [6.45, 7) is 1.34. The highest BCUT2D eigenvalue weighted by Gasteiger charge is 2.23. The second-order valence-electron chi connectivity index (χ2n) is 5.44. The number of rotatable bonds is 4. The summed E-state index contributed by atoms with van der Waals surface area (Å²) >= 11 is 0. The van der Waals surface area contributed by atoms with E-state index in [0.29, 0.717) is 24.7 Å². The van der Waals surface area contributed by atoms with Crippen LogP contribution in [0.5, 0.6) is 11.5 Å². The summed E-state index contributed by atoms with van der Waals surface area (Å²) in [5.41, 5.74) is 0.827. The molecule has 2 heterocycles. The van der Waals surface area contributed by atoms with E-state index in [1.165, 1.54) is 10.4 Å². The third kappa shape index (κ3) is 3.32. The number of sulfonamides is 1. The zero-order valence-corrected chi connectivity index (χ0v) is 13.9. The van der Waals surface area contributed by atoms with Crippen LogP contribution in [0.2, 0.25) is 0 Å². The van der Waals surface area contributed by atoms with E-state index in [2.05, 4.69) is 5.10 Å². The lowest BCUT2D eigenvalue weighted by molar-refractivity contribution is 0.297. The zero-order valence-electron chi connectivity index (χ0n) is 13.1. The van der Waals surface area contributed by atoms with E-state index in [4.69, 9.17) is 9.47 Å². The fourth-order valence-electron chi connectivity index (χ4n) is 2.38. The fraction of sp³-hybridized carbons (Fsp3) is 0.400. The van der Waals surface area contributed by atoms with Gasteiger partial charge in [0.2, 0.25) is 10.0 Å². The summed E-state index contributed by atoms with van der Waals surface area (Å²) < 4.78 is 39.5. The number of fused-ring (bicyclic) bond motifs is 1. The molecule has 0 saturated carbocycles. The van der Waals surface area contributed by atoms with Crippen LogP contribution < -0.4 is 9.47 Å². The van der Waals surface area contributed by atoms with Gasteiger partial charge in [-0.2, -0.15) is 9.40 Å². The van der Waals surface area contributed by atoms with Crippen molar-refractivity contribution in [1.29, 1.82) is 0 Å². The molecular formula is C15H19N3O4S. The van der Waals surface area contributed by atoms with Crippen LogP contribution in [-0.2, 0) is 23.6 Å².